The van der Waals surface area contributed by atoms with Crippen LogP contribution >= 0.6 is 0 Å². The Bertz CT molecular complexity index is 377. The van der Waals surface area contributed by atoms with E-state index < -0.39 is 5.83 Å². The summed E-state index contributed by atoms with van der Waals surface area (Å²) in [4.78, 5) is 11.7. The highest BCUT2D eigenvalue weighted by Crippen LogP contribution is 2.15. The van der Waals surface area contributed by atoms with Crippen molar-refractivity contribution in [2.24, 2.45) is 5.92 Å². The van der Waals surface area contributed by atoms with Crippen LogP contribution in [0, 0.1) is 5.92 Å². The number of hydrogen-bond acceptors (Lipinski definition) is 1. The molecular formula is C15H19FO. The van der Waals surface area contributed by atoms with Crippen LogP contribution in [0.2, 0.25) is 0 Å². The third kappa shape index (κ3) is 4.94. The molecule has 17 heavy (non-hydrogen) atoms. The van der Waals surface area contributed by atoms with E-state index in [2.05, 4.69) is 0 Å². The highest BCUT2D eigenvalue weighted by Gasteiger charge is 2.14. The molecule has 0 radical (unpaired) electrons. The molecule has 0 saturated carbocycles. The predicted octanol–water partition coefficient (Wildman–Crippen LogP) is 4.09. The SMILES string of the molecule is CC[C@@H](CCc1ccccc1)C(=O)/C=C(/C)F. The maximum Gasteiger partial charge on any atom is 0.161 e. The van der Waals surface area contributed by atoms with Crippen LogP contribution in [0.5, 0.6) is 0 Å². The highest BCUT2D eigenvalue weighted by molar-refractivity contribution is 5.91. The minimum Gasteiger partial charge on any atom is -0.294 e. The van der Waals surface area contributed by atoms with Gasteiger partial charge >= 0.3 is 0 Å². The fraction of sp³-hybridized carbons (Fsp3) is 0.400. The second-order valence-electron chi connectivity index (χ2n) is 4.26. The molecule has 1 aromatic carbocycles. The molecule has 0 aliphatic rings. The summed E-state index contributed by atoms with van der Waals surface area (Å²) in [6.45, 7) is 3.27. The van der Waals surface area contributed by atoms with E-state index in [-0.39, 0.29) is 11.7 Å². The first-order chi connectivity index (χ1) is 8.13. The van der Waals surface area contributed by atoms with Gasteiger partial charge in [0, 0.05) is 12.0 Å². The number of allylic oxidation sites excluding steroid dienone is 2. The van der Waals surface area contributed by atoms with Gasteiger partial charge in [0.25, 0.3) is 0 Å². The molecule has 0 aliphatic carbocycles. The summed E-state index contributed by atoms with van der Waals surface area (Å²) >= 11 is 0. The van der Waals surface area contributed by atoms with Crippen molar-refractivity contribution in [1.29, 1.82) is 0 Å². The summed E-state index contributed by atoms with van der Waals surface area (Å²) in [5, 5.41) is 0. The second kappa shape index (κ2) is 7.00. The van der Waals surface area contributed by atoms with E-state index in [1.807, 2.05) is 37.3 Å². The Kier molecular flexibility index (Phi) is 5.61. The molecule has 0 bridgehead atoms. The van der Waals surface area contributed by atoms with E-state index in [1.165, 1.54) is 12.5 Å². The van der Waals surface area contributed by atoms with E-state index in [4.69, 9.17) is 0 Å². The van der Waals surface area contributed by atoms with Crippen molar-refractivity contribution in [2.45, 2.75) is 33.1 Å². The molecule has 2 heteroatoms. The lowest BCUT2D eigenvalue weighted by atomic mass is 9.93. The average Bonchev–Trinajstić information content (AvgIpc) is 2.30. The summed E-state index contributed by atoms with van der Waals surface area (Å²) in [5.74, 6) is -0.572. The Morgan fingerprint density at radius 3 is 2.53 bits per heavy atom. The number of halogens is 1. The van der Waals surface area contributed by atoms with Gasteiger partial charge < -0.3 is 0 Å². The summed E-state index contributed by atoms with van der Waals surface area (Å²) in [6, 6.07) is 10.1. The van der Waals surface area contributed by atoms with E-state index >= 15 is 0 Å². The summed E-state index contributed by atoms with van der Waals surface area (Å²) < 4.78 is 12.7. The number of carbonyl (C=O) groups excluding carboxylic acids is 1. The fourth-order valence-corrected chi connectivity index (χ4v) is 1.85. The van der Waals surface area contributed by atoms with Gasteiger partial charge in [0.2, 0.25) is 0 Å². The molecule has 0 heterocycles. The first-order valence-corrected chi connectivity index (χ1v) is 6.05. The van der Waals surface area contributed by atoms with Gasteiger partial charge in [-0.1, -0.05) is 37.3 Å². The van der Waals surface area contributed by atoms with Crippen molar-refractivity contribution in [1.82, 2.24) is 0 Å². The van der Waals surface area contributed by atoms with Crippen LogP contribution in [-0.4, -0.2) is 5.78 Å². The van der Waals surface area contributed by atoms with Crippen LogP contribution < -0.4 is 0 Å². The van der Waals surface area contributed by atoms with Crippen molar-refractivity contribution in [3.8, 4) is 0 Å². The molecule has 1 atom stereocenters. The van der Waals surface area contributed by atoms with Gasteiger partial charge in [-0.05, 0) is 31.7 Å². The average molecular weight is 234 g/mol. The number of ketones is 1. The van der Waals surface area contributed by atoms with Crippen molar-refractivity contribution < 1.29 is 9.18 Å². The maximum absolute atomic E-state index is 12.7. The molecule has 92 valence electrons. The van der Waals surface area contributed by atoms with Crippen LogP contribution in [0.3, 0.4) is 0 Å². The molecule has 1 rings (SSSR count). The van der Waals surface area contributed by atoms with E-state index in [1.54, 1.807) is 0 Å². The van der Waals surface area contributed by atoms with E-state index in [0.29, 0.717) is 0 Å². The topological polar surface area (TPSA) is 17.1 Å². The molecule has 0 aromatic heterocycles. The van der Waals surface area contributed by atoms with Gasteiger partial charge in [-0.2, -0.15) is 0 Å². The van der Waals surface area contributed by atoms with Crippen LogP contribution in [0.4, 0.5) is 4.39 Å². The maximum atomic E-state index is 12.7. The Morgan fingerprint density at radius 2 is 2.00 bits per heavy atom. The lowest BCUT2D eigenvalue weighted by Gasteiger charge is -2.11. The Hall–Kier alpha value is -1.44. The van der Waals surface area contributed by atoms with E-state index in [9.17, 15) is 9.18 Å². The van der Waals surface area contributed by atoms with Gasteiger partial charge in [0.1, 0.15) is 5.83 Å². The van der Waals surface area contributed by atoms with E-state index in [0.717, 1.165) is 25.3 Å². The second-order valence-corrected chi connectivity index (χ2v) is 4.26. The molecule has 0 fully saturated rings. The van der Waals surface area contributed by atoms with Crippen molar-refractivity contribution in [3.63, 3.8) is 0 Å². The Balaban J connectivity index is 2.54. The highest BCUT2D eigenvalue weighted by atomic mass is 19.1. The standard InChI is InChI=1S/C15H19FO/c1-3-14(15(17)11-12(2)16)10-9-13-7-5-4-6-8-13/h4-8,11,14H,3,9-10H2,1-2H3/b12-11-/t14-/m0/s1. The molecule has 0 saturated heterocycles. The van der Waals surface area contributed by atoms with Crippen LogP contribution in [0.25, 0.3) is 0 Å². The molecule has 0 N–H and O–H groups in total. The molecular weight excluding hydrogens is 215 g/mol. The minimum absolute atomic E-state index is 0.0686. The van der Waals surface area contributed by atoms with Crippen molar-refractivity contribution >= 4 is 5.78 Å². The minimum atomic E-state index is -0.409. The first kappa shape index (κ1) is 13.6. The summed E-state index contributed by atoms with van der Waals surface area (Å²) in [7, 11) is 0. The molecule has 1 nitrogen and oxygen atoms in total. The third-order valence-corrected chi connectivity index (χ3v) is 2.86. The molecule has 0 aliphatic heterocycles. The van der Waals surface area contributed by atoms with Crippen molar-refractivity contribution in [3.05, 3.63) is 47.8 Å². The Labute approximate surface area is 102 Å². The third-order valence-electron chi connectivity index (χ3n) is 2.86. The van der Waals surface area contributed by atoms with Gasteiger partial charge in [0.15, 0.2) is 5.78 Å². The van der Waals surface area contributed by atoms with Gasteiger partial charge in [-0.15, -0.1) is 0 Å². The van der Waals surface area contributed by atoms with Crippen LogP contribution in [0.15, 0.2) is 42.2 Å². The number of rotatable bonds is 6. The fourth-order valence-electron chi connectivity index (χ4n) is 1.85. The zero-order chi connectivity index (χ0) is 12.7. The van der Waals surface area contributed by atoms with Crippen molar-refractivity contribution in [2.75, 3.05) is 0 Å². The molecule has 0 unspecified atom stereocenters. The monoisotopic (exact) mass is 234 g/mol. The van der Waals surface area contributed by atoms with Gasteiger partial charge in [-0.25, -0.2) is 4.39 Å². The lowest BCUT2D eigenvalue weighted by molar-refractivity contribution is -0.118. The smallest absolute Gasteiger partial charge is 0.161 e. The van der Waals surface area contributed by atoms with Gasteiger partial charge in [-0.3, -0.25) is 4.79 Å². The summed E-state index contributed by atoms with van der Waals surface area (Å²) in [5.41, 5.74) is 1.22. The van der Waals surface area contributed by atoms with Crippen LogP contribution in [-0.2, 0) is 11.2 Å². The predicted molar refractivity (Wildman–Crippen MR) is 68.4 cm³/mol. The number of hydrogen-bond donors (Lipinski definition) is 0. The largest absolute Gasteiger partial charge is 0.294 e. The molecule has 0 amide bonds. The quantitative estimate of drug-likeness (QED) is 0.677. The first-order valence-electron chi connectivity index (χ1n) is 6.05. The zero-order valence-electron chi connectivity index (χ0n) is 10.4. The zero-order valence-corrected chi connectivity index (χ0v) is 10.4. The Morgan fingerprint density at radius 1 is 1.35 bits per heavy atom. The van der Waals surface area contributed by atoms with Gasteiger partial charge in [0.05, 0.1) is 0 Å². The normalized spacial score (nSPS) is 13.5. The number of carbonyl (C=O) groups is 1. The molecule has 0 spiro atoms. The molecule has 1 aromatic rings. The summed E-state index contributed by atoms with van der Waals surface area (Å²) in [6.07, 6.45) is 3.52. The number of benzene rings is 1. The van der Waals surface area contributed by atoms with Crippen LogP contribution in [0.1, 0.15) is 32.3 Å². The number of aryl methyl sites for hydroxylation is 1. The lowest BCUT2D eigenvalue weighted by Crippen LogP contribution is -2.12.